The monoisotopic (exact) mass is 228 g/mol. The standard InChI is InChI=1S/C12H20O4/c1-5-9-12(6-2,10(13)15-7-3)11(14)16-8-4/h5,9H,6-8H2,1-4H3/b9-5-. The van der Waals surface area contributed by atoms with Crippen LogP contribution in [-0.2, 0) is 19.1 Å². The summed E-state index contributed by atoms with van der Waals surface area (Å²) < 4.78 is 9.85. The van der Waals surface area contributed by atoms with Gasteiger partial charge in [0.05, 0.1) is 13.2 Å². The molecule has 0 fully saturated rings. The van der Waals surface area contributed by atoms with E-state index >= 15 is 0 Å². The van der Waals surface area contributed by atoms with Crippen LogP contribution in [0.5, 0.6) is 0 Å². The minimum atomic E-state index is -1.29. The number of carbonyl (C=O) groups excluding carboxylic acids is 2. The normalized spacial score (nSPS) is 11.5. The molecule has 0 bridgehead atoms. The first-order valence-corrected chi connectivity index (χ1v) is 5.57. The zero-order valence-corrected chi connectivity index (χ0v) is 10.4. The molecule has 4 nitrogen and oxygen atoms in total. The van der Waals surface area contributed by atoms with E-state index in [1.165, 1.54) is 0 Å². The van der Waals surface area contributed by atoms with Crippen LogP contribution in [0.2, 0.25) is 0 Å². The van der Waals surface area contributed by atoms with Crippen molar-refractivity contribution in [2.24, 2.45) is 5.41 Å². The van der Waals surface area contributed by atoms with Gasteiger partial charge in [0.2, 0.25) is 0 Å². The Balaban J connectivity index is 5.13. The van der Waals surface area contributed by atoms with Gasteiger partial charge in [-0.1, -0.05) is 19.1 Å². The number of esters is 2. The van der Waals surface area contributed by atoms with Crippen molar-refractivity contribution in [2.75, 3.05) is 13.2 Å². The summed E-state index contributed by atoms with van der Waals surface area (Å²) in [5.41, 5.74) is -1.29. The Morgan fingerprint density at radius 2 is 1.50 bits per heavy atom. The second kappa shape index (κ2) is 7.04. The van der Waals surface area contributed by atoms with Crippen LogP contribution in [0.1, 0.15) is 34.1 Å². The third-order valence-corrected chi connectivity index (χ3v) is 2.29. The zero-order chi connectivity index (χ0) is 12.6. The van der Waals surface area contributed by atoms with E-state index in [-0.39, 0.29) is 13.2 Å². The van der Waals surface area contributed by atoms with Gasteiger partial charge in [-0.15, -0.1) is 0 Å². The van der Waals surface area contributed by atoms with Crippen LogP contribution >= 0.6 is 0 Å². The van der Waals surface area contributed by atoms with Gasteiger partial charge >= 0.3 is 11.9 Å². The highest BCUT2D eigenvalue weighted by molar-refractivity contribution is 6.02. The Hall–Kier alpha value is -1.32. The lowest BCUT2D eigenvalue weighted by molar-refractivity contribution is -0.168. The summed E-state index contributed by atoms with van der Waals surface area (Å²) >= 11 is 0. The van der Waals surface area contributed by atoms with E-state index in [1.807, 2.05) is 0 Å². The van der Waals surface area contributed by atoms with Gasteiger partial charge in [-0.3, -0.25) is 9.59 Å². The summed E-state index contributed by atoms with van der Waals surface area (Å²) in [5, 5.41) is 0. The first-order chi connectivity index (χ1) is 7.58. The second-order valence-electron chi connectivity index (χ2n) is 3.27. The molecule has 0 atom stereocenters. The molecule has 0 saturated carbocycles. The fourth-order valence-electron chi connectivity index (χ4n) is 1.43. The largest absolute Gasteiger partial charge is 0.465 e. The molecule has 0 saturated heterocycles. The first kappa shape index (κ1) is 14.7. The SMILES string of the molecule is C/C=C\C(CC)(C(=O)OCC)C(=O)OCC. The van der Waals surface area contributed by atoms with Crippen molar-refractivity contribution in [3.63, 3.8) is 0 Å². The van der Waals surface area contributed by atoms with Crippen molar-refractivity contribution in [2.45, 2.75) is 34.1 Å². The molecule has 0 heterocycles. The zero-order valence-electron chi connectivity index (χ0n) is 10.4. The molecule has 4 heteroatoms. The van der Waals surface area contributed by atoms with Gasteiger partial charge in [0.15, 0.2) is 5.41 Å². The predicted octanol–water partition coefficient (Wildman–Crippen LogP) is 2.09. The van der Waals surface area contributed by atoms with Crippen molar-refractivity contribution < 1.29 is 19.1 Å². The number of hydrogen-bond donors (Lipinski definition) is 0. The number of allylic oxidation sites excluding steroid dienone is 1. The summed E-state index contributed by atoms with van der Waals surface area (Å²) in [6.07, 6.45) is 3.54. The fourth-order valence-corrected chi connectivity index (χ4v) is 1.43. The summed E-state index contributed by atoms with van der Waals surface area (Å²) in [6, 6.07) is 0. The van der Waals surface area contributed by atoms with E-state index in [1.54, 1.807) is 39.8 Å². The lowest BCUT2D eigenvalue weighted by Crippen LogP contribution is -2.40. The Kier molecular flexibility index (Phi) is 6.46. The van der Waals surface area contributed by atoms with Gasteiger partial charge in [-0.2, -0.15) is 0 Å². The van der Waals surface area contributed by atoms with Crippen molar-refractivity contribution >= 4 is 11.9 Å². The Labute approximate surface area is 96.6 Å². The summed E-state index contributed by atoms with van der Waals surface area (Å²) in [6.45, 7) is 7.42. The molecule has 0 aliphatic rings. The molecule has 16 heavy (non-hydrogen) atoms. The average molecular weight is 228 g/mol. The molecule has 0 aromatic heterocycles. The Bertz CT molecular complexity index is 250. The second-order valence-corrected chi connectivity index (χ2v) is 3.27. The number of hydrogen-bond acceptors (Lipinski definition) is 4. The van der Waals surface area contributed by atoms with E-state index in [9.17, 15) is 9.59 Å². The van der Waals surface area contributed by atoms with Crippen LogP contribution in [0.15, 0.2) is 12.2 Å². The van der Waals surface area contributed by atoms with Gasteiger partial charge in [-0.25, -0.2) is 0 Å². The van der Waals surface area contributed by atoms with E-state index in [0.717, 1.165) is 0 Å². The Morgan fingerprint density at radius 3 is 1.75 bits per heavy atom. The molecule has 0 amide bonds. The van der Waals surface area contributed by atoms with Gasteiger partial charge in [0.1, 0.15) is 0 Å². The van der Waals surface area contributed by atoms with E-state index in [2.05, 4.69) is 0 Å². The van der Waals surface area contributed by atoms with Crippen molar-refractivity contribution in [1.29, 1.82) is 0 Å². The number of ether oxygens (including phenoxy) is 2. The van der Waals surface area contributed by atoms with Crippen LogP contribution < -0.4 is 0 Å². The molecule has 0 rings (SSSR count). The minimum Gasteiger partial charge on any atom is -0.465 e. The topological polar surface area (TPSA) is 52.6 Å². The van der Waals surface area contributed by atoms with Crippen LogP contribution in [0, 0.1) is 5.41 Å². The molecule has 0 aromatic rings. The average Bonchev–Trinajstić information content (AvgIpc) is 2.26. The highest BCUT2D eigenvalue weighted by Crippen LogP contribution is 2.28. The Morgan fingerprint density at radius 1 is 1.06 bits per heavy atom. The lowest BCUT2D eigenvalue weighted by atomic mass is 9.84. The smallest absolute Gasteiger partial charge is 0.327 e. The summed E-state index contributed by atoms with van der Waals surface area (Å²) in [7, 11) is 0. The van der Waals surface area contributed by atoms with Gasteiger partial charge in [0, 0.05) is 0 Å². The molecule has 92 valence electrons. The predicted molar refractivity (Wildman–Crippen MR) is 60.8 cm³/mol. The summed E-state index contributed by atoms with van der Waals surface area (Å²) in [5.74, 6) is -1.09. The first-order valence-electron chi connectivity index (χ1n) is 5.57. The van der Waals surface area contributed by atoms with Crippen LogP contribution in [0.25, 0.3) is 0 Å². The maximum atomic E-state index is 11.8. The molecular weight excluding hydrogens is 208 g/mol. The third kappa shape index (κ3) is 3.08. The van der Waals surface area contributed by atoms with Crippen molar-refractivity contribution in [3.8, 4) is 0 Å². The van der Waals surface area contributed by atoms with E-state index in [0.29, 0.717) is 6.42 Å². The highest BCUT2D eigenvalue weighted by Gasteiger charge is 2.44. The molecule has 0 aliphatic heterocycles. The summed E-state index contributed by atoms with van der Waals surface area (Å²) in [4.78, 5) is 23.7. The van der Waals surface area contributed by atoms with Crippen LogP contribution in [0.3, 0.4) is 0 Å². The van der Waals surface area contributed by atoms with Crippen LogP contribution in [0.4, 0.5) is 0 Å². The molecule has 0 aromatic carbocycles. The van der Waals surface area contributed by atoms with Crippen molar-refractivity contribution in [3.05, 3.63) is 12.2 Å². The highest BCUT2D eigenvalue weighted by atomic mass is 16.6. The van der Waals surface area contributed by atoms with Crippen molar-refractivity contribution in [1.82, 2.24) is 0 Å². The minimum absolute atomic E-state index is 0.248. The molecule has 0 radical (unpaired) electrons. The lowest BCUT2D eigenvalue weighted by Gasteiger charge is -2.24. The molecule has 0 aliphatic carbocycles. The fraction of sp³-hybridized carbons (Fsp3) is 0.667. The third-order valence-electron chi connectivity index (χ3n) is 2.29. The molecule has 0 unspecified atom stereocenters. The van der Waals surface area contributed by atoms with Gasteiger partial charge in [0.25, 0.3) is 0 Å². The number of carbonyl (C=O) groups is 2. The maximum absolute atomic E-state index is 11.8. The van der Waals surface area contributed by atoms with Crippen LogP contribution in [-0.4, -0.2) is 25.2 Å². The van der Waals surface area contributed by atoms with E-state index in [4.69, 9.17) is 9.47 Å². The quantitative estimate of drug-likeness (QED) is 0.397. The van der Waals surface area contributed by atoms with E-state index < -0.39 is 17.4 Å². The molecule has 0 spiro atoms. The van der Waals surface area contributed by atoms with Gasteiger partial charge < -0.3 is 9.47 Å². The molecular formula is C12H20O4. The number of rotatable bonds is 6. The maximum Gasteiger partial charge on any atom is 0.327 e. The van der Waals surface area contributed by atoms with Gasteiger partial charge in [-0.05, 0) is 27.2 Å². The molecule has 0 N–H and O–H groups in total.